The van der Waals surface area contributed by atoms with Gasteiger partial charge in [0.25, 0.3) is 0 Å². The van der Waals surface area contributed by atoms with E-state index in [0.717, 1.165) is 25.0 Å². The van der Waals surface area contributed by atoms with Crippen LogP contribution in [0.1, 0.15) is 39.2 Å². The summed E-state index contributed by atoms with van der Waals surface area (Å²) in [5.41, 5.74) is -0.271. The average molecular weight is 326 g/mol. The zero-order valence-electron chi connectivity index (χ0n) is 13.8. The normalized spacial score (nSPS) is 16.0. The van der Waals surface area contributed by atoms with Gasteiger partial charge in [-0.25, -0.2) is 13.6 Å². The molecule has 23 heavy (non-hydrogen) atoms. The van der Waals surface area contributed by atoms with E-state index in [0.29, 0.717) is 12.5 Å². The SMILES string of the molecule is CC(C)(C)OC(=O)NC(CNCc1cc(F)ccc1F)C1CC1. The Morgan fingerprint density at radius 3 is 2.65 bits per heavy atom. The molecular weight excluding hydrogens is 302 g/mol. The number of nitrogens with one attached hydrogen (secondary N) is 2. The Bertz CT molecular complexity index is 554. The maximum absolute atomic E-state index is 13.6. The molecule has 1 aromatic rings. The van der Waals surface area contributed by atoms with Crippen molar-refractivity contribution in [2.75, 3.05) is 6.54 Å². The fourth-order valence-electron chi connectivity index (χ4n) is 2.33. The van der Waals surface area contributed by atoms with Crippen LogP contribution in [0.2, 0.25) is 0 Å². The number of hydrogen-bond donors (Lipinski definition) is 2. The fraction of sp³-hybridized carbons (Fsp3) is 0.588. The van der Waals surface area contributed by atoms with E-state index in [4.69, 9.17) is 4.74 Å². The molecule has 0 bridgehead atoms. The highest BCUT2D eigenvalue weighted by Gasteiger charge is 2.33. The minimum atomic E-state index is -0.545. The van der Waals surface area contributed by atoms with E-state index in [9.17, 15) is 13.6 Å². The van der Waals surface area contributed by atoms with Crippen LogP contribution in [-0.4, -0.2) is 24.3 Å². The standard InChI is InChI=1S/C17H24F2N2O2/c1-17(2,3)23-16(22)21-15(11-4-5-11)10-20-9-12-8-13(18)6-7-14(12)19/h6-8,11,15,20H,4-5,9-10H2,1-3H3,(H,21,22). The van der Waals surface area contributed by atoms with Crippen molar-refractivity contribution in [1.29, 1.82) is 0 Å². The number of carbonyl (C=O) groups excluding carboxylic acids is 1. The van der Waals surface area contributed by atoms with E-state index >= 15 is 0 Å². The fourth-order valence-corrected chi connectivity index (χ4v) is 2.33. The molecule has 0 aliphatic heterocycles. The summed E-state index contributed by atoms with van der Waals surface area (Å²) in [6.45, 7) is 6.12. The van der Waals surface area contributed by atoms with Gasteiger partial charge in [-0.1, -0.05) is 0 Å². The number of alkyl carbamates (subject to hydrolysis) is 1. The number of carbonyl (C=O) groups is 1. The molecule has 2 rings (SSSR count). The number of benzene rings is 1. The number of ether oxygens (including phenoxy) is 1. The quantitative estimate of drug-likeness (QED) is 0.843. The van der Waals surface area contributed by atoms with E-state index < -0.39 is 23.3 Å². The summed E-state index contributed by atoms with van der Waals surface area (Å²) in [5, 5.41) is 5.94. The van der Waals surface area contributed by atoms with E-state index in [1.165, 1.54) is 6.07 Å². The van der Waals surface area contributed by atoms with Crippen LogP contribution in [0.25, 0.3) is 0 Å². The summed E-state index contributed by atoms with van der Waals surface area (Å²) in [5.74, 6) is -0.497. The Morgan fingerprint density at radius 1 is 1.35 bits per heavy atom. The molecular formula is C17H24F2N2O2. The zero-order valence-corrected chi connectivity index (χ0v) is 13.8. The molecule has 1 amide bonds. The van der Waals surface area contributed by atoms with Gasteiger partial charge in [0.2, 0.25) is 0 Å². The van der Waals surface area contributed by atoms with Gasteiger partial charge in [0.1, 0.15) is 17.2 Å². The minimum Gasteiger partial charge on any atom is -0.444 e. The largest absolute Gasteiger partial charge is 0.444 e. The minimum absolute atomic E-state index is 0.0681. The van der Waals surface area contributed by atoms with Gasteiger partial charge in [0.05, 0.1) is 0 Å². The van der Waals surface area contributed by atoms with Gasteiger partial charge in [0.15, 0.2) is 0 Å². The number of hydrogen-bond acceptors (Lipinski definition) is 3. The van der Waals surface area contributed by atoms with Gasteiger partial charge in [0, 0.05) is 24.7 Å². The summed E-state index contributed by atoms with van der Waals surface area (Å²) in [7, 11) is 0. The van der Waals surface area contributed by atoms with Gasteiger partial charge in [-0.05, 0) is 57.7 Å². The number of rotatable bonds is 6. The van der Waals surface area contributed by atoms with Gasteiger partial charge in [-0.15, -0.1) is 0 Å². The summed E-state index contributed by atoms with van der Waals surface area (Å²) in [6, 6.07) is 3.32. The lowest BCUT2D eigenvalue weighted by molar-refractivity contribution is 0.0497. The molecule has 6 heteroatoms. The highest BCUT2D eigenvalue weighted by Crippen LogP contribution is 2.32. The lowest BCUT2D eigenvalue weighted by Gasteiger charge is -2.24. The summed E-state index contributed by atoms with van der Waals surface area (Å²) in [4.78, 5) is 11.9. The summed E-state index contributed by atoms with van der Waals surface area (Å²) in [6.07, 6.45) is 1.65. The Balaban J connectivity index is 1.83. The van der Waals surface area contributed by atoms with E-state index in [1.54, 1.807) is 0 Å². The monoisotopic (exact) mass is 326 g/mol. The summed E-state index contributed by atoms with van der Waals surface area (Å²) < 4.78 is 32.0. The third-order valence-electron chi connectivity index (χ3n) is 3.58. The first-order chi connectivity index (χ1) is 10.7. The molecule has 1 aliphatic rings. The second-order valence-electron chi connectivity index (χ2n) is 6.96. The van der Waals surface area contributed by atoms with Crippen LogP contribution < -0.4 is 10.6 Å². The van der Waals surface area contributed by atoms with Crippen molar-refractivity contribution >= 4 is 6.09 Å². The molecule has 0 saturated heterocycles. The van der Waals surface area contributed by atoms with Crippen LogP contribution >= 0.6 is 0 Å². The second kappa shape index (κ2) is 7.25. The molecule has 1 aliphatic carbocycles. The van der Waals surface area contributed by atoms with Crippen LogP contribution in [0.5, 0.6) is 0 Å². The lowest BCUT2D eigenvalue weighted by Crippen LogP contribution is -2.45. The lowest BCUT2D eigenvalue weighted by atomic mass is 10.1. The molecule has 1 saturated carbocycles. The molecule has 0 spiro atoms. The second-order valence-corrected chi connectivity index (χ2v) is 6.96. The first kappa shape index (κ1) is 17.7. The van der Waals surface area contributed by atoms with Crippen molar-refractivity contribution in [3.8, 4) is 0 Å². The molecule has 1 fully saturated rings. The molecule has 1 unspecified atom stereocenters. The van der Waals surface area contributed by atoms with Gasteiger partial charge >= 0.3 is 6.09 Å². The van der Waals surface area contributed by atoms with Gasteiger partial charge in [-0.2, -0.15) is 0 Å². The maximum atomic E-state index is 13.6. The van der Waals surface area contributed by atoms with E-state index in [2.05, 4.69) is 10.6 Å². The molecule has 1 aromatic carbocycles. The maximum Gasteiger partial charge on any atom is 0.407 e. The van der Waals surface area contributed by atoms with Crippen molar-refractivity contribution in [2.24, 2.45) is 5.92 Å². The van der Waals surface area contributed by atoms with Crippen molar-refractivity contribution in [3.63, 3.8) is 0 Å². The molecule has 0 aromatic heterocycles. The Hall–Kier alpha value is -1.69. The number of amides is 1. The Kier molecular flexibility index (Phi) is 5.57. The van der Waals surface area contributed by atoms with Crippen LogP contribution in [0.3, 0.4) is 0 Å². The molecule has 128 valence electrons. The molecule has 4 nitrogen and oxygen atoms in total. The van der Waals surface area contributed by atoms with Gasteiger partial charge in [-0.3, -0.25) is 0 Å². The smallest absolute Gasteiger partial charge is 0.407 e. The molecule has 1 atom stereocenters. The van der Waals surface area contributed by atoms with Crippen molar-refractivity contribution in [3.05, 3.63) is 35.4 Å². The highest BCUT2D eigenvalue weighted by molar-refractivity contribution is 5.68. The van der Waals surface area contributed by atoms with Crippen LogP contribution in [0.4, 0.5) is 13.6 Å². The molecule has 0 heterocycles. The van der Waals surface area contributed by atoms with Crippen molar-refractivity contribution in [2.45, 2.75) is 51.8 Å². The average Bonchev–Trinajstić information content (AvgIpc) is 3.24. The van der Waals surface area contributed by atoms with E-state index in [1.807, 2.05) is 20.8 Å². The van der Waals surface area contributed by atoms with E-state index in [-0.39, 0.29) is 18.2 Å². The summed E-state index contributed by atoms with van der Waals surface area (Å²) >= 11 is 0. The molecule has 0 radical (unpaired) electrons. The third-order valence-corrected chi connectivity index (χ3v) is 3.58. The third kappa shape index (κ3) is 6.14. The van der Waals surface area contributed by atoms with Crippen molar-refractivity contribution in [1.82, 2.24) is 10.6 Å². The topological polar surface area (TPSA) is 50.4 Å². The highest BCUT2D eigenvalue weighted by atomic mass is 19.1. The van der Waals surface area contributed by atoms with Crippen molar-refractivity contribution < 1.29 is 18.3 Å². The zero-order chi connectivity index (χ0) is 17.0. The first-order valence-corrected chi connectivity index (χ1v) is 7.89. The predicted octanol–water partition coefficient (Wildman–Crippen LogP) is 3.36. The Labute approximate surface area is 135 Å². The predicted molar refractivity (Wildman–Crippen MR) is 83.9 cm³/mol. The number of halogens is 2. The Morgan fingerprint density at radius 2 is 2.04 bits per heavy atom. The molecule has 2 N–H and O–H groups in total. The first-order valence-electron chi connectivity index (χ1n) is 7.89. The van der Waals surface area contributed by atoms with Gasteiger partial charge < -0.3 is 15.4 Å². The van der Waals surface area contributed by atoms with Crippen LogP contribution in [0.15, 0.2) is 18.2 Å². The van der Waals surface area contributed by atoms with Crippen LogP contribution in [-0.2, 0) is 11.3 Å². The van der Waals surface area contributed by atoms with Crippen LogP contribution in [0, 0.1) is 17.6 Å².